The van der Waals surface area contributed by atoms with E-state index in [4.69, 9.17) is 28.4 Å². The van der Waals surface area contributed by atoms with E-state index >= 15 is 0 Å². The fourth-order valence-electron chi connectivity index (χ4n) is 3.23. The second kappa shape index (κ2) is 17.4. The van der Waals surface area contributed by atoms with E-state index < -0.39 is 24.5 Å². The molecule has 0 spiro atoms. The number of hydrogen-bond acceptors (Lipinski definition) is 8. The molecule has 2 unspecified atom stereocenters. The van der Waals surface area contributed by atoms with E-state index in [9.17, 15) is 9.59 Å². The third-order valence-electron chi connectivity index (χ3n) is 5.13. The molecule has 2 atom stereocenters. The van der Waals surface area contributed by atoms with Crippen LogP contribution in [-0.4, -0.2) is 50.9 Å². The average Bonchev–Trinajstić information content (AvgIpc) is 2.88. The quantitative estimate of drug-likeness (QED) is 0.0728. The molecule has 224 valence electrons. The van der Waals surface area contributed by atoms with Crippen LogP contribution in [0, 0.1) is 0 Å². The molecule has 0 saturated heterocycles. The molecular formula is C29H32Br4O8. The fraction of sp³-hybridized carbons (Fsp3) is 0.379. The number of carbonyl (C=O) groups excluding carboxylic acids is 2. The first-order valence-electron chi connectivity index (χ1n) is 12.5. The summed E-state index contributed by atoms with van der Waals surface area (Å²) in [5, 5.41) is 0. The molecular weight excluding hydrogens is 796 g/mol. The average molecular weight is 828 g/mol. The first-order valence-corrected chi connectivity index (χ1v) is 15.6. The van der Waals surface area contributed by atoms with Crippen LogP contribution < -0.4 is 9.47 Å². The number of hydrogen-bond donors (Lipinski definition) is 0. The monoisotopic (exact) mass is 824 g/mol. The highest BCUT2D eigenvalue weighted by Crippen LogP contribution is 2.38. The molecule has 0 aromatic heterocycles. The Morgan fingerprint density at radius 3 is 1.27 bits per heavy atom. The lowest BCUT2D eigenvalue weighted by atomic mass is 10.0. The topological polar surface area (TPSA) is 89.5 Å². The molecule has 0 heterocycles. The highest BCUT2D eigenvalue weighted by molar-refractivity contribution is 9.11. The van der Waals surface area contributed by atoms with Crippen molar-refractivity contribution in [3.63, 3.8) is 0 Å². The summed E-state index contributed by atoms with van der Waals surface area (Å²) in [5.41, 5.74) is 2.74. The maximum absolute atomic E-state index is 11.5. The van der Waals surface area contributed by atoms with E-state index in [2.05, 4.69) is 76.9 Å². The molecule has 0 saturated carbocycles. The smallest absolute Gasteiger partial charge is 0.333 e. The summed E-state index contributed by atoms with van der Waals surface area (Å²) in [5.74, 6) is 0.275. The van der Waals surface area contributed by atoms with Gasteiger partial charge in [0.2, 0.25) is 0 Å². The molecule has 0 aliphatic carbocycles. The van der Waals surface area contributed by atoms with Gasteiger partial charge >= 0.3 is 11.9 Å². The number of rotatable bonds is 16. The van der Waals surface area contributed by atoms with Gasteiger partial charge in [-0.1, -0.05) is 13.2 Å². The van der Waals surface area contributed by atoms with Gasteiger partial charge in [0.25, 0.3) is 0 Å². The van der Waals surface area contributed by atoms with Crippen molar-refractivity contribution >= 4 is 75.7 Å². The van der Waals surface area contributed by atoms with E-state index in [1.54, 1.807) is 27.7 Å². The lowest BCUT2D eigenvalue weighted by Crippen LogP contribution is -2.20. The Bertz CT molecular complexity index is 1120. The van der Waals surface area contributed by atoms with Crippen LogP contribution in [-0.2, 0) is 35.0 Å². The third-order valence-corrected chi connectivity index (χ3v) is 7.48. The van der Waals surface area contributed by atoms with Gasteiger partial charge in [0.15, 0.2) is 24.1 Å². The maximum atomic E-state index is 11.5. The highest BCUT2D eigenvalue weighted by atomic mass is 79.9. The lowest BCUT2D eigenvalue weighted by Gasteiger charge is -2.19. The van der Waals surface area contributed by atoms with E-state index in [0.29, 0.717) is 29.1 Å². The highest BCUT2D eigenvalue weighted by Gasteiger charge is 2.17. The number of carbonyl (C=O) groups is 2. The molecule has 0 N–H and O–H groups in total. The van der Waals surface area contributed by atoms with Crippen molar-refractivity contribution in [3.05, 3.63) is 77.6 Å². The predicted molar refractivity (Wildman–Crippen MR) is 170 cm³/mol. The standard InChI is InChI=1S/C29H32Br4O8/c1-16(2)28(34)38-9-7-36-18(5)40-26-22(30)12-20(13-23(26)31)11-21-14-24(32)27(25(33)15-21)41-19(6)37-8-10-39-29(35)17(3)4/h12-15,18-19H,1,3,7-11H2,2,4-6H3. The van der Waals surface area contributed by atoms with Gasteiger partial charge in [0, 0.05) is 11.1 Å². The van der Waals surface area contributed by atoms with Crippen LogP contribution in [0.5, 0.6) is 11.5 Å². The Kier molecular flexibility index (Phi) is 15.1. The number of esters is 2. The molecule has 0 radical (unpaired) electrons. The Balaban J connectivity index is 1.95. The van der Waals surface area contributed by atoms with Crippen LogP contribution in [0.1, 0.15) is 38.8 Å². The van der Waals surface area contributed by atoms with Crippen molar-refractivity contribution in [2.24, 2.45) is 0 Å². The van der Waals surface area contributed by atoms with Crippen LogP contribution in [0.2, 0.25) is 0 Å². The van der Waals surface area contributed by atoms with Crippen molar-refractivity contribution in [2.45, 2.75) is 46.7 Å². The molecule has 0 aliphatic rings. The largest absolute Gasteiger partial charge is 0.463 e. The zero-order valence-electron chi connectivity index (χ0n) is 23.2. The minimum atomic E-state index is -0.575. The van der Waals surface area contributed by atoms with Gasteiger partial charge in [-0.05, 0) is 133 Å². The van der Waals surface area contributed by atoms with Crippen molar-refractivity contribution < 1.29 is 38.0 Å². The van der Waals surface area contributed by atoms with Crippen molar-refractivity contribution in [3.8, 4) is 11.5 Å². The molecule has 0 amide bonds. The van der Waals surface area contributed by atoms with Gasteiger partial charge in [-0.3, -0.25) is 0 Å². The van der Waals surface area contributed by atoms with E-state index in [0.717, 1.165) is 29.0 Å². The van der Waals surface area contributed by atoms with E-state index in [1.165, 1.54) is 0 Å². The SMILES string of the molecule is C=C(C)C(=O)OCCOC(C)Oc1c(Br)cc(Cc2cc(Br)c(OC(C)OCCOC(=O)C(=C)C)c(Br)c2)cc1Br. The summed E-state index contributed by atoms with van der Waals surface area (Å²) in [6.07, 6.45) is -0.516. The Hall–Kier alpha value is -1.70. The Labute approximate surface area is 274 Å². The number of benzene rings is 2. The zero-order valence-corrected chi connectivity index (χ0v) is 29.5. The molecule has 2 aromatic carbocycles. The Morgan fingerprint density at radius 1 is 0.659 bits per heavy atom. The third kappa shape index (κ3) is 12.2. The van der Waals surface area contributed by atoms with Crippen molar-refractivity contribution in [1.29, 1.82) is 0 Å². The molecule has 2 aromatic rings. The molecule has 8 nitrogen and oxygen atoms in total. The normalized spacial score (nSPS) is 12.3. The van der Waals surface area contributed by atoms with Crippen LogP contribution >= 0.6 is 63.7 Å². The van der Waals surface area contributed by atoms with Gasteiger partial charge < -0.3 is 28.4 Å². The second-order valence-corrected chi connectivity index (χ2v) is 12.3. The molecule has 41 heavy (non-hydrogen) atoms. The van der Waals surface area contributed by atoms with Gasteiger partial charge in [0.1, 0.15) is 13.2 Å². The second-order valence-electron chi connectivity index (χ2n) is 8.90. The van der Waals surface area contributed by atoms with Gasteiger partial charge in [-0.25, -0.2) is 9.59 Å². The Morgan fingerprint density at radius 2 is 0.976 bits per heavy atom. The molecule has 0 fully saturated rings. The van der Waals surface area contributed by atoms with Crippen LogP contribution in [0.3, 0.4) is 0 Å². The summed E-state index contributed by atoms with van der Waals surface area (Å²) in [6.45, 7) is 14.4. The molecule has 2 rings (SSSR count). The lowest BCUT2D eigenvalue weighted by molar-refractivity contribution is -0.144. The summed E-state index contributed by atoms with van der Waals surface area (Å²) in [7, 11) is 0. The van der Waals surface area contributed by atoms with Crippen LogP contribution in [0.4, 0.5) is 0 Å². The minimum Gasteiger partial charge on any atom is -0.463 e. The van der Waals surface area contributed by atoms with E-state index in [-0.39, 0.29) is 26.4 Å². The van der Waals surface area contributed by atoms with E-state index in [1.807, 2.05) is 24.3 Å². The van der Waals surface area contributed by atoms with Crippen molar-refractivity contribution in [2.75, 3.05) is 26.4 Å². The first kappa shape index (κ1) is 35.5. The fourth-order valence-corrected chi connectivity index (χ4v) is 6.17. The van der Waals surface area contributed by atoms with Crippen LogP contribution in [0.15, 0.2) is 66.5 Å². The van der Waals surface area contributed by atoms with Gasteiger partial charge in [-0.2, -0.15) is 0 Å². The molecule has 12 heteroatoms. The molecule has 0 aliphatic heterocycles. The predicted octanol–water partition coefficient (Wildman–Crippen LogP) is 8.05. The number of halogens is 4. The minimum absolute atomic E-state index is 0.106. The van der Waals surface area contributed by atoms with Crippen molar-refractivity contribution in [1.82, 2.24) is 0 Å². The van der Waals surface area contributed by atoms with Gasteiger partial charge in [0.05, 0.1) is 31.1 Å². The maximum Gasteiger partial charge on any atom is 0.333 e. The summed E-state index contributed by atoms with van der Waals surface area (Å²) in [6, 6.07) is 7.91. The van der Waals surface area contributed by atoms with Gasteiger partial charge in [-0.15, -0.1) is 0 Å². The zero-order chi connectivity index (χ0) is 30.7. The molecule has 0 bridgehead atoms. The summed E-state index contributed by atoms with van der Waals surface area (Å²) >= 11 is 14.4. The first-order chi connectivity index (χ1) is 19.3. The van der Waals surface area contributed by atoms with Crippen LogP contribution in [0.25, 0.3) is 0 Å². The summed E-state index contributed by atoms with van der Waals surface area (Å²) < 4.78 is 36.1. The summed E-state index contributed by atoms with van der Waals surface area (Å²) in [4.78, 5) is 22.9. The number of ether oxygens (including phenoxy) is 6.